The average molecular weight is 367 g/mol. The number of nitrogens with zero attached hydrogens (tertiary/aromatic N) is 4. The Labute approximate surface area is 156 Å². The molecular weight excluding hydrogens is 346 g/mol. The monoisotopic (exact) mass is 367 g/mol. The summed E-state index contributed by atoms with van der Waals surface area (Å²) in [6.07, 6.45) is 1.77. The number of non-ortho nitro benzene ring substituents is 1. The van der Waals surface area contributed by atoms with Crippen molar-refractivity contribution in [1.82, 2.24) is 15.1 Å². The van der Waals surface area contributed by atoms with Gasteiger partial charge >= 0.3 is 0 Å². The zero-order valence-electron chi connectivity index (χ0n) is 15.5. The molecule has 3 rings (SSSR count). The summed E-state index contributed by atoms with van der Waals surface area (Å²) < 4.78 is 5.18. The van der Waals surface area contributed by atoms with Crippen molar-refractivity contribution in [3.05, 3.63) is 63.2 Å². The van der Waals surface area contributed by atoms with Gasteiger partial charge in [-0.05, 0) is 33.6 Å². The van der Waals surface area contributed by atoms with E-state index in [-0.39, 0.29) is 5.69 Å². The number of aryl methyl sites for hydroxylation is 3. The van der Waals surface area contributed by atoms with Crippen LogP contribution in [-0.4, -0.2) is 26.6 Å². The molecule has 0 saturated heterocycles. The number of anilines is 1. The van der Waals surface area contributed by atoms with E-state index < -0.39 is 4.92 Å². The molecule has 0 amide bonds. The molecule has 8 nitrogen and oxygen atoms in total. The molecule has 0 saturated carbocycles. The van der Waals surface area contributed by atoms with E-state index in [4.69, 9.17) is 4.52 Å². The highest BCUT2D eigenvalue weighted by atomic mass is 16.6. The van der Waals surface area contributed by atoms with Gasteiger partial charge in [0.25, 0.3) is 5.69 Å². The summed E-state index contributed by atoms with van der Waals surface area (Å²) in [4.78, 5) is 19.5. The summed E-state index contributed by atoms with van der Waals surface area (Å²) >= 11 is 0. The van der Waals surface area contributed by atoms with Crippen molar-refractivity contribution in [3.8, 4) is 11.4 Å². The van der Waals surface area contributed by atoms with Crippen LogP contribution in [0, 0.1) is 30.9 Å². The lowest BCUT2D eigenvalue weighted by Gasteiger charge is -2.09. The average Bonchev–Trinajstić information content (AvgIpc) is 2.96. The van der Waals surface area contributed by atoms with Crippen LogP contribution in [0.4, 0.5) is 11.5 Å². The van der Waals surface area contributed by atoms with Gasteiger partial charge in [0.1, 0.15) is 11.6 Å². The lowest BCUT2D eigenvalue weighted by atomic mass is 10.1. The van der Waals surface area contributed by atoms with Crippen LogP contribution < -0.4 is 5.32 Å². The molecule has 1 aromatic carbocycles. The van der Waals surface area contributed by atoms with Crippen molar-refractivity contribution in [2.24, 2.45) is 0 Å². The predicted octanol–water partition coefficient (Wildman–Crippen LogP) is 4.01. The van der Waals surface area contributed by atoms with Gasteiger partial charge in [0.15, 0.2) is 5.82 Å². The molecule has 0 atom stereocenters. The van der Waals surface area contributed by atoms with E-state index in [0.29, 0.717) is 17.2 Å². The smallest absolute Gasteiger partial charge is 0.270 e. The van der Waals surface area contributed by atoms with Crippen molar-refractivity contribution in [1.29, 1.82) is 0 Å². The zero-order valence-corrected chi connectivity index (χ0v) is 15.5. The highest BCUT2D eigenvalue weighted by molar-refractivity contribution is 5.61. The Kier molecular flexibility index (Phi) is 5.44. The second-order valence-electron chi connectivity index (χ2n) is 6.36. The fourth-order valence-corrected chi connectivity index (χ4v) is 2.89. The van der Waals surface area contributed by atoms with Gasteiger partial charge in [-0.15, -0.1) is 0 Å². The van der Waals surface area contributed by atoms with Gasteiger partial charge < -0.3 is 9.84 Å². The quantitative estimate of drug-likeness (QED) is 0.382. The minimum absolute atomic E-state index is 0.0200. The predicted molar refractivity (Wildman–Crippen MR) is 102 cm³/mol. The summed E-state index contributed by atoms with van der Waals surface area (Å²) in [5, 5.41) is 18.2. The molecule has 2 aromatic heterocycles. The third-order valence-electron chi connectivity index (χ3n) is 4.26. The van der Waals surface area contributed by atoms with E-state index in [0.717, 1.165) is 42.1 Å². The first kappa shape index (κ1) is 18.5. The topological polar surface area (TPSA) is 107 Å². The summed E-state index contributed by atoms with van der Waals surface area (Å²) in [7, 11) is 0. The first-order valence-electron chi connectivity index (χ1n) is 8.70. The Morgan fingerprint density at radius 3 is 2.70 bits per heavy atom. The third-order valence-corrected chi connectivity index (χ3v) is 4.26. The molecule has 3 aromatic rings. The summed E-state index contributed by atoms with van der Waals surface area (Å²) in [6.45, 7) is 6.46. The minimum Gasteiger partial charge on any atom is -0.370 e. The highest BCUT2D eigenvalue weighted by Gasteiger charge is 2.11. The first-order valence-corrected chi connectivity index (χ1v) is 8.70. The summed E-state index contributed by atoms with van der Waals surface area (Å²) in [5.74, 6) is 2.02. The van der Waals surface area contributed by atoms with Gasteiger partial charge in [-0.1, -0.05) is 17.3 Å². The van der Waals surface area contributed by atoms with Crippen LogP contribution in [0.5, 0.6) is 0 Å². The fraction of sp³-hybridized carbons (Fsp3) is 0.316. The van der Waals surface area contributed by atoms with Gasteiger partial charge in [0, 0.05) is 41.6 Å². The van der Waals surface area contributed by atoms with Crippen molar-refractivity contribution >= 4 is 11.5 Å². The van der Waals surface area contributed by atoms with E-state index in [1.807, 2.05) is 26.8 Å². The van der Waals surface area contributed by atoms with Crippen LogP contribution in [0.25, 0.3) is 11.4 Å². The molecule has 1 N–H and O–H groups in total. The number of nitrogens with one attached hydrogen (secondary N) is 1. The van der Waals surface area contributed by atoms with Crippen LogP contribution in [0.15, 0.2) is 34.9 Å². The third kappa shape index (κ3) is 4.46. The molecule has 2 heterocycles. The number of nitro groups is 1. The number of rotatable bonds is 7. The largest absolute Gasteiger partial charge is 0.370 e. The van der Waals surface area contributed by atoms with Crippen molar-refractivity contribution in [3.63, 3.8) is 0 Å². The van der Waals surface area contributed by atoms with Gasteiger partial charge in [-0.2, -0.15) is 0 Å². The molecule has 0 aliphatic rings. The summed E-state index contributed by atoms with van der Waals surface area (Å²) in [5.41, 5.74) is 3.50. The maximum Gasteiger partial charge on any atom is 0.270 e. The molecule has 0 unspecified atom stereocenters. The Balaban J connectivity index is 1.68. The van der Waals surface area contributed by atoms with E-state index in [2.05, 4.69) is 20.4 Å². The number of hydrogen-bond acceptors (Lipinski definition) is 7. The highest BCUT2D eigenvalue weighted by Crippen LogP contribution is 2.22. The van der Waals surface area contributed by atoms with Gasteiger partial charge in [-0.25, -0.2) is 9.97 Å². The molecule has 0 radical (unpaired) electrons. The van der Waals surface area contributed by atoms with Crippen molar-refractivity contribution in [2.75, 3.05) is 11.9 Å². The standard InChI is InChI=1S/C19H21N5O3/c1-12-10-18(20-9-5-8-17-13(2)23-27-14(17)3)22-19(21-12)15-6-4-7-16(11-15)24(25)26/h4,6-7,10-11H,5,8-9H2,1-3H3,(H,20,21,22). The SMILES string of the molecule is Cc1cc(NCCCc2c(C)noc2C)nc(-c2cccc([N+](=O)[O-])c2)n1. The van der Waals surface area contributed by atoms with E-state index in [1.54, 1.807) is 12.1 Å². The molecule has 0 spiro atoms. The molecule has 8 heteroatoms. The normalized spacial score (nSPS) is 10.8. The Hall–Kier alpha value is -3.29. The number of hydrogen-bond donors (Lipinski definition) is 1. The lowest BCUT2D eigenvalue weighted by Crippen LogP contribution is -2.07. The molecule has 0 aliphatic heterocycles. The molecule has 140 valence electrons. The zero-order chi connectivity index (χ0) is 19.4. The van der Waals surface area contributed by atoms with Crippen LogP contribution >= 0.6 is 0 Å². The minimum atomic E-state index is -0.423. The van der Waals surface area contributed by atoms with Crippen LogP contribution in [-0.2, 0) is 6.42 Å². The summed E-state index contributed by atoms with van der Waals surface area (Å²) in [6, 6.07) is 8.19. The Bertz CT molecular complexity index is 948. The molecule has 0 fully saturated rings. The van der Waals surface area contributed by atoms with Gasteiger partial charge in [0.05, 0.1) is 10.6 Å². The maximum atomic E-state index is 11.0. The van der Waals surface area contributed by atoms with Crippen LogP contribution in [0.2, 0.25) is 0 Å². The van der Waals surface area contributed by atoms with E-state index >= 15 is 0 Å². The van der Waals surface area contributed by atoms with Crippen LogP contribution in [0.3, 0.4) is 0 Å². The Morgan fingerprint density at radius 1 is 1.19 bits per heavy atom. The van der Waals surface area contributed by atoms with Crippen molar-refractivity contribution < 1.29 is 9.45 Å². The van der Waals surface area contributed by atoms with Crippen molar-refractivity contribution in [2.45, 2.75) is 33.6 Å². The molecule has 0 aliphatic carbocycles. The number of nitro benzene ring substituents is 1. The van der Waals surface area contributed by atoms with Gasteiger partial charge in [-0.3, -0.25) is 10.1 Å². The molecular formula is C19H21N5O3. The number of aromatic nitrogens is 3. The molecule has 0 bridgehead atoms. The number of benzene rings is 1. The van der Waals surface area contributed by atoms with E-state index in [1.165, 1.54) is 12.1 Å². The second kappa shape index (κ2) is 7.94. The first-order chi connectivity index (χ1) is 12.9. The second-order valence-corrected chi connectivity index (χ2v) is 6.36. The van der Waals surface area contributed by atoms with Gasteiger partial charge in [0.2, 0.25) is 0 Å². The Morgan fingerprint density at radius 2 is 2.00 bits per heavy atom. The maximum absolute atomic E-state index is 11.0. The lowest BCUT2D eigenvalue weighted by molar-refractivity contribution is -0.384. The van der Waals surface area contributed by atoms with E-state index in [9.17, 15) is 10.1 Å². The van der Waals surface area contributed by atoms with Crippen LogP contribution in [0.1, 0.15) is 29.1 Å². The molecule has 27 heavy (non-hydrogen) atoms. The fourth-order valence-electron chi connectivity index (χ4n) is 2.89.